The van der Waals surface area contributed by atoms with Crippen molar-refractivity contribution in [2.45, 2.75) is 24.5 Å². The Balaban J connectivity index is 1.32. The predicted molar refractivity (Wildman–Crippen MR) is 104 cm³/mol. The van der Waals surface area contributed by atoms with Gasteiger partial charge in [0.1, 0.15) is 11.9 Å². The summed E-state index contributed by atoms with van der Waals surface area (Å²) in [6.45, 7) is 2.20. The van der Waals surface area contributed by atoms with Crippen LogP contribution in [-0.4, -0.2) is 42.2 Å². The van der Waals surface area contributed by atoms with Gasteiger partial charge >= 0.3 is 0 Å². The molecule has 0 aliphatic carbocycles. The van der Waals surface area contributed by atoms with Gasteiger partial charge in [-0.3, -0.25) is 4.79 Å². The maximum absolute atomic E-state index is 12.5. The van der Waals surface area contributed by atoms with E-state index in [1.54, 1.807) is 12.3 Å². The van der Waals surface area contributed by atoms with Crippen LogP contribution < -0.4 is 10.2 Å². The first-order valence-electron chi connectivity index (χ1n) is 9.81. The van der Waals surface area contributed by atoms with Gasteiger partial charge in [-0.05, 0) is 37.1 Å². The molecule has 1 N–H and O–H groups in total. The van der Waals surface area contributed by atoms with Gasteiger partial charge in [0, 0.05) is 43.2 Å². The van der Waals surface area contributed by atoms with Crippen LogP contribution in [-0.2, 0) is 4.74 Å². The molecule has 0 unspecified atom stereocenters. The third-order valence-electron chi connectivity index (χ3n) is 6.52. The van der Waals surface area contributed by atoms with Crippen LogP contribution in [0.2, 0.25) is 0 Å². The maximum Gasteiger partial charge on any atom is 0.251 e. The number of amides is 1. The van der Waals surface area contributed by atoms with Crippen LogP contribution in [0.1, 0.15) is 28.8 Å². The van der Waals surface area contributed by atoms with Gasteiger partial charge in [0.2, 0.25) is 0 Å². The molecule has 1 amide bonds. The number of nitrogens with zero attached hydrogens (tertiary/aromatic N) is 3. The molecule has 2 aromatic rings. The minimum Gasteiger partial charge on any atom is -0.369 e. The number of anilines is 1. The Bertz CT molecular complexity index is 941. The molecule has 3 fully saturated rings. The number of nitrogens with one attached hydrogen (secondary N) is 1. The number of hydrogen-bond donors (Lipinski definition) is 1. The van der Waals surface area contributed by atoms with E-state index in [0.717, 1.165) is 31.7 Å². The van der Waals surface area contributed by atoms with Gasteiger partial charge < -0.3 is 15.0 Å². The lowest BCUT2D eigenvalue weighted by molar-refractivity contribution is 0.0141. The van der Waals surface area contributed by atoms with Crippen molar-refractivity contribution in [1.82, 2.24) is 10.3 Å². The molecule has 3 saturated heterocycles. The van der Waals surface area contributed by atoms with Gasteiger partial charge in [0.15, 0.2) is 0 Å². The summed E-state index contributed by atoms with van der Waals surface area (Å²) >= 11 is 0. The zero-order valence-corrected chi connectivity index (χ0v) is 15.5. The average molecular weight is 374 g/mol. The first-order valence-corrected chi connectivity index (χ1v) is 9.81. The number of ether oxygens (including phenoxy) is 1. The summed E-state index contributed by atoms with van der Waals surface area (Å²) in [5, 5.41) is 12.5. The van der Waals surface area contributed by atoms with Crippen LogP contribution in [0, 0.1) is 23.2 Å². The highest BCUT2D eigenvalue weighted by Crippen LogP contribution is 2.55. The number of benzene rings is 1. The molecular weight excluding hydrogens is 352 g/mol. The molecule has 0 radical (unpaired) electrons. The predicted octanol–water partition coefficient (Wildman–Crippen LogP) is 2.37. The normalized spacial score (nSPS) is 30.1. The quantitative estimate of drug-likeness (QED) is 0.889. The molecule has 5 rings (SSSR count). The number of rotatable bonds is 4. The summed E-state index contributed by atoms with van der Waals surface area (Å²) in [6.07, 6.45) is 4.01. The van der Waals surface area contributed by atoms with Crippen molar-refractivity contribution in [2.24, 2.45) is 11.8 Å². The number of fused-ring (bicyclic) bond motifs is 1. The fraction of sp³-hybridized carbons (Fsp3) is 0.409. The Kier molecular flexibility index (Phi) is 4.06. The van der Waals surface area contributed by atoms with E-state index in [2.05, 4.69) is 21.3 Å². The van der Waals surface area contributed by atoms with Gasteiger partial charge in [-0.2, -0.15) is 5.26 Å². The molecule has 0 saturated carbocycles. The number of carbonyl (C=O) groups is 1. The summed E-state index contributed by atoms with van der Waals surface area (Å²) in [7, 11) is 0. The van der Waals surface area contributed by atoms with E-state index >= 15 is 0 Å². The highest BCUT2D eigenvalue weighted by atomic mass is 16.5. The van der Waals surface area contributed by atoms with E-state index < -0.39 is 0 Å². The minimum absolute atomic E-state index is 0.0382. The average Bonchev–Trinajstić information content (AvgIpc) is 3.41. The van der Waals surface area contributed by atoms with Crippen molar-refractivity contribution in [1.29, 1.82) is 5.26 Å². The number of pyridine rings is 1. The van der Waals surface area contributed by atoms with Crippen LogP contribution in [0.15, 0.2) is 48.7 Å². The van der Waals surface area contributed by atoms with Gasteiger partial charge in [-0.1, -0.05) is 18.2 Å². The molecule has 142 valence electrons. The molecule has 28 heavy (non-hydrogen) atoms. The number of hydrogen-bond acceptors (Lipinski definition) is 5. The third kappa shape index (κ3) is 2.66. The SMILES string of the molecule is N#Cc1cccnc1N1C[C@@H]2[C@H](CNC(=O)c3ccccc3)[C@H]3CC[C@]2(C1)O3. The number of nitriles is 1. The Morgan fingerprint density at radius 2 is 2.18 bits per heavy atom. The van der Waals surface area contributed by atoms with E-state index in [1.807, 2.05) is 36.4 Å². The Morgan fingerprint density at radius 3 is 3.00 bits per heavy atom. The molecule has 6 heteroatoms. The fourth-order valence-electron chi connectivity index (χ4n) is 5.26. The van der Waals surface area contributed by atoms with Gasteiger partial charge in [-0.25, -0.2) is 4.98 Å². The van der Waals surface area contributed by atoms with Crippen LogP contribution in [0.5, 0.6) is 0 Å². The largest absolute Gasteiger partial charge is 0.369 e. The lowest BCUT2D eigenvalue weighted by Gasteiger charge is -2.29. The maximum atomic E-state index is 12.5. The lowest BCUT2D eigenvalue weighted by Crippen LogP contribution is -2.41. The topological polar surface area (TPSA) is 78.3 Å². The minimum atomic E-state index is -0.170. The molecule has 3 aliphatic heterocycles. The molecule has 6 nitrogen and oxygen atoms in total. The second kappa shape index (κ2) is 6.61. The van der Waals surface area contributed by atoms with Crippen molar-refractivity contribution in [2.75, 3.05) is 24.5 Å². The van der Waals surface area contributed by atoms with Crippen molar-refractivity contribution >= 4 is 11.7 Å². The molecule has 4 atom stereocenters. The summed E-state index contributed by atoms with van der Waals surface area (Å²) < 4.78 is 6.46. The second-order valence-electron chi connectivity index (χ2n) is 7.97. The second-order valence-corrected chi connectivity index (χ2v) is 7.97. The summed E-state index contributed by atoms with van der Waals surface area (Å²) in [6, 6.07) is 15.2. The number of aromatic nitrogens is 1. The zero-order valence-electron chi connectivity index (χ0n) is 15.5. The molecule has 2 bridgehead atoms. The van der Waals surface area contributed by atoms with Crippen LogP contribution in [0.4, 0.5) is 5.82 Å². The fourth-order valence-corrected chi connectivity index (χ4v) is 5.26. The Labute approximate surface area is 164 Å². The third-order valence-corrected chi connectivity index (χ3v) is 6.52. The highest BCUT2D eigenvalue weighted by molar-refractivity contribution is 5.94. The Hall–Kier alpha value is -2.91. The van der Waals surface area contributed by atoms with E-state index in [-0.39, 0.29) is 17.6 Å². The van der Waals surface area contributed by atoms with Crippen LogP contribution in [0.25, 0.3) is 0 Å². The molecular formula is C22H22N4O2. The van der Waals surface area contributed by atoms with E-state index in [4.69, 9.17) is 4.74 Å². The van der Waals surface area contributed by atoms with Crippen molar-refractivity contribution < 1.29 is 9.53 Å². The van der Waals surface area contributed by atoms with Crippen LogP contribution >= 0.6 is 0 Å². The molecule has 3 aliphatic rings. The monoisotopic (exact) mass is 374 g/mol. The molecule has 1 aromatic carbocycles. The standard InChI is InChI=1S/C22H22N4O2/c23-11-16-7-4-10-24-20(16)26-13-18-17(19-8-9-22(18,14-26)28-19)12-25-21(27)15-5-2-1-3-6-15/h1-7,10,17-19H,8-9,12-14H2,(H,25,27)/t17-,18+,19+,22+/m0/s1. The summed E-state index contributed by atoms with van der Waals surface area (Å²) in [5.41, 5.74) is 1.11. The first-order chi connectivity index (χ1) is 13.7. The first kappa shape index (κ1) is 17.2. The van der Waals surface area contributed by atoms with Crippen molar-refractivity contribution in [3.63, 3.8) is 0 Å². The Morgan fingerprint density at radius 1 is 1.32 bits per heavy atom. The van der Waals surface area contributed by atoms with E-state index in [0.29, 0.717) is 29.5 Å². The summed E-state index contributed by atoms with van der Waals surface area (Å²) in [4.78, 5) is 19.1. The van der Waals surface area contributed by atoms with Gasteiger partial charge in [0.25, 0.3) is 5.91 Å². The zero-order chi connectivity index (χ0) is 19.1. The van der Waals surface area contributed by atoms with E-state index in [9.17, 15) is 10.1 Å². The lowest BCUT2D eigenvalue weighted by atomic mass is 9.73. The smallest absolute Gasteiger partial charge is 0.251 e. The number of carbonyl (C=O) groups excluding carboxylic acids is 1. The van der Waals surface area contributed by atoms with Gasteiger partial charge in [-0.15, -0.1) is 0 Å². The van der Waals surface area contributed by atoms with Crippen molar-refractivity contribution in [3.05, 3.63) is 59.8 Å². The molecule has 4 heterocycles. The van der Waals surface area contributed by atoms with Crippen molar-refractivity contribution in [3.8, 4) is 6.07 Å². The molecule has 1 spiro atoms. The van der Waals surface area contributed by atoms with E-state index in [1.165, 1.54) is 0 Å². The highest BCUT2D eigenvalue weighted by Gasteiger charge is 2.63. The van der Waals surface area contributed by atoms with Crippen LogP contribution in [0.3, 0.4) is 0 Å². The molecule has 1 aromatic heterocycles. The summed E-state index contributed by atoms with van der Waals surface area (Å²) in [5.74, 6) is 1.34. The van der Waals surface area contributed by atoms with Gasteiger partial charge in [0.05, 0.1) is 17.3 Å².